The number of ether oxygens (including phenoxy) is 4. The van der Waals surface area contributed by atoms with Gasteiger partial charge in [-0.1, -0.05) is 6.07 Å². The Balaban J connectivity index is 0.000000568. The van der Waals surface area contributed by atoms with Crippen LogP contribution in [0.2, 0.25) is 0 Å². The van der Waals surface area contributed by atoms with Gasteiger partial charge in [0.15, 0.2) is 12.4 Å². The van der Waals surface area contributed by atoms with Crippen molar-refractivity contribution in [3.63, 3.8) is 0 Å². The quantitative estimate of drug-likeness (QED) is 0.374. The molecule has 0 aliphatic carbocycles. The number of aryl methyl sites for hydroxylation is 1. The van der Waals surface area contributed by atoms with Gasteiger partial charge in [0.1, 0.15) is 7.05 Å². The van der Waals surface area contributed by atoms with Gasteiger partial charge in [-0.2, -0.15) is 0 Å². The number of pyridine rings is 1. The molecule has 1 rings (SSSR count). The average molecular weight is 329 g/mol. The summed E-state index contributed by atoms with van der Waals surface area (Å²) < 4.78 is 22.1. The van der Waals surface area contributed by atoms with Crippen molar-refractivity contribution in [2.24, 2.45) is 7.05 Å². The predicted octanol–water partition coefficient (Wildman–Crippen LogP) is -0.666. The van der Waals surface area contributed by atoms with Gasteiger partial charge in [-0.3, -0.25) is 0 Å². The maximum absolute atomic E-state index is 10.0. The molecule has 0 radical (unpaired) electrons. The van der Waals surface area contributed by atoms with Crippen molar-refractivity contribution in [3.8, 4) is 0 Å². The van der Waals surface area contributed by atoms with E-state index in [9.17, 15) is 9.90 Å². The highest BCUT2D eigenvalue weighted by atomic mass is 16.6. The van der Waals surface area contributed by atoms with Crippen LogP contribution < -0.4 is 9.67 Å². The number of aliphatic carboxylic acids is 1. The summed E-state index contributed by atoms with van der Waals surface area (Å²) in [5, 5.41) is 10.0. The van der Waals surface area contributed by atoms with Gasteiger partial charge in [0, 0.05) is 31.6 Å². The summed E-state index contributed by atoms with van der Waals surface area (Å²) >= 11 is 0. The van der Waals surface area contributed by atoms with E-state index in [1.54, 1.807) is 7.11 Å². The van der Waals surface area contributed by atoms with Gasteiger partial charge in [-0.05, 0) is 0 Å². The lowest BCUT2D eigenvalue weighted by Gasteiger charge is -2.06. The Hall–Kier alpha value is -1.54. The fraction of sp³-hybridized carbons (Fsp3) is 0.625. The Bertz CT molecular complexity index is 374. The summed E-state index contributed by atoms with van der Waals surface area (Å²) in [6.45, 7) is 3.12. The smallest absolute Gasteiger partial charge is 0.168 e. The van der Waals surface area contributed by atoms with E-state index in [2.05, 4.69) is 0 Å². The van der Waals surface area contributed by atoms with Gasteiger partial charge in [0.25, 0.3) is 0 Å². The average Bonchev–Trinajstić information content (AvgIpc) is 2.54. The first-order valence-electron chi connectivity index (χ1n) is 7.49. The number of rotatable bonds is 12. The van der Waals surface area contributed by atoms with Gasteiger partial charge >= 0.3 is 0 Å². The Morgan fingerprint density at radius 3 is 1.74 bits per heavy atom. The number of aromatic nitrogens is 1. The third-order valence-electron chi connectivity index (χ3n) is 2.49. The first-order valence-corrected chi connectivity index (χ1v) is 7.49. The SMILES string of the molecule is COCCOCCOCCOCCC(=O)[O-].C[n+]1ccccc1. The number of methoxy groups -OCH3 is 1. The molecule has 0 saturated carbocycles. The predicted molar refractivity (Wildman–Crippen MR) is 81.6 cm³/mol. The molecule has 0 fully saturated rings. The largest absolute Gasteiger partial charge is 0.550 e. The highest BCUT2D eigenvalue weighted by Gasteiger charge is 1.92. The molecule has 0 spiro atoms. The molecular weight excluding hydrogens is 302 g/mol. The van der Waals surface area contributed by atoms with Crippen molar-refractivity contribution >= 4 is 5.97 Å². The van der Waals surface area contributed by atoms with Crippen molar-refractivity contribution < 1.29 is 33.4 Å². The number of carbonyl (C=O) groups excluding carboxylic acids is 1. The summed E-state index contributed by atoms with van der Waals surface area (Å²) in [5.74, 6) is -1.10. The van der Waals surface area contributed by atoms with E-state index in [1.807, 2.05) is 42.2 Å². The van der Waals surface area contributed by atoms with Crippen molar-refractivity contribution in [2.75, 3.05) is 53.4 Å². The molecule has 0 bridgehead atoms. The van der Waals surface area contributed by atoms with Gasteiger partial charge in [0.05, 0.1) is 46.2 Å². The molecule has 7 nitrogen and oxygen atoms in total. The molecule has 0 amide bonds. The Morgan fingerprint density at radius 1 is 0.870 bits per heavy atom. The standard InChI is InChI=1S/C10H20O6.C6H8N/c1-13-4-5-15-8-9-16-7-6-14-3-2-10(11)12;1-7-5-3-2-4-6-7/h2-9H2,1H3,(H,11,12);2-6H,1H3/q;+1/p-1. The molecule has 0 atom stereocenters. The van der Waals surface area contributed by atoms with Crippen LogP contribution in [-0.2, 0) is 30.8 Å². The zero-order valence-electron chi connectivity index (χ0n) is 13.9. The number of hydrogen-bond acceptors (Lipinski definition) is 6. The topological polar surface area (TPSA) is 80.9 Å². The molecule has 23 heavy (non-hydrogen) atoms. The van der Waals surface area contributed by atoms with E-state index in [1.165, 1.54) is 0 Å². The summed E-state index contributed by atoms with van der Waals surface area (Å²) in [5.41, 5.74) is 0. The second-order valence-corrected chi connectivity index (χ2v) is 4.49. The zero-order chi connectivity index (χ0) is 17.2. The lowest BCUT2D eigenvalue weighted by molar-refractivity contribution is -0.671. The molecular formula is C16H27NO6. The van der Waals surface area contributed by atoms with Crippen LogP contribution in [-0.4, -0.2) is 59.3 Å². The third kappa shape index (κ3) is 18.4. The van der Waals surface area contributed by atoms with E-state index < -0.39 is 5.97 Å². The van der Waals surface area contributed by atoms with Crippen molar-refractivity contribution in [2.45, 2.75) is 6.42 Å². The van der Waals surface area contributed by atoms with E-state index in [-0.39, 0.29) is 13.0 Å². The maximum atomic E-state index is 10.0. The Labute approximate surface area is 137 Å². The van der Waals surface area contributed by atoms with Crippen molar-refractivity contribution in [3.05, 3.63) is 30.6 Å². The molecule has 0 aliphatic rings. The molecule has 7 heteroatoms. The van der Waals surface area contributed by atoms with Crippen LogP contribution in [0.3, 0.4) is 0 Å². The fourth-order valence-corrected chi connectivity index (χ4v) is 1.32. The molecule has 1 heterocycles. The monoisotopic (exact) mass is 329 g/mol. The molecule has 132 valence electrons. The highest BCUT2D eigenvalue weighted by molar-refractivity contribution is 5.64. The summed E-state index contributed by atoms with van der Waals surface area (Å²) in [6, 6.07) is 6.00. The highest BCUT2D eigenvalue weighted by Crippen LogP contribution is 1.83. The second kappa shape index (κ2) is 16.8. The molecule has 0 aliphatic heterocycles. The van der Waals surface area contributed by atoms with Crippen LogP contribution in [0, 0.1) is 0 Å². The number of nitrogens with zero attached hydrogens (tertiary/aromatic N) is 1. The zero-order valence-corrected chi connectivity index (χ0v) is 13.9. The van der Waals surface area contributed by atoms with Crippen LogP contribution in [0.15, 0.2) is 30.6 Å². The lowest BCUT2D eigenvalue weighted by Crippen LogP contribution is -2.25. The van der Waals surface area contributed by atoms with Crippen LogP contribution in [0.5, 0.6) is 0 Å². The third-order valence-corrected chi connectivity index (χ3v) is 2.49. The number of hydrogen-bond donors (Lipinski definition) is 0. The second-order valence-electron chi connectivity index (χ2n) is 4.49. The fourth-order valence-electron chi connectivity index (χ4n) is 1.32. The van der Waals surface area contributed by atoms with Crippen LogP contribution >= 0.6 is 0 Å². The molecule has 1 aromatic heterocycles. The van der Waals surface area contributed by atoms with Gasteiger partial charge < -0.3 is 28.8 Å². The number of carbonyl (C=O) groups is 1. The summed E-state index contributed by atoms with van der Waals surface area (Å²) in [7, 11) is 3.61. The molecule has 0 aromatic carbocycles. The molecule has 0 saturated heterocycles. The van der Waals surface area contributed by atoms with E-state index in [0.29, 0.717) is 39.6 Å². The van der Waals surface area contributed by atoms with Gasteiger partial charge in [-0.25, -0.2) is 4.57 Å². The molecule has 0 unspecified atom stereocenters. The summed E-state index contributed by atoms with van der Waals surface area (Å²) in [4.78, 5) is 10.0. The maximum Gasteiger partial charge on any atom is 0.168 e. The number of carboxylic acids is 1. The lowest BCUT2D eigenvalue weighted by atomic mass is 10.5. The van der Waals surface area contributed by atoms with E-state index >= 15 is 0 Å². The van der Waals surface area contributed by atoms with Gasteiger partial charge in [-0.15, -0.1) is 0 Å². The van der Waals surface area contributed by atoms with Gasteiger partial charge in [0.2, 0.25) is 0 Å². The Kier molecular flexibility index (Phi) is 15.7. The van der Waals surface area contributed by atoms with Crippen molar-refractivity contribution in [1.29, 1.82) is 0 Å². The Morgan fingerprint density at radius 2 is 1.35 bits per heavy atom. The summed E-state index contributed by atoms with van der Waals surface area (Å²) in [6.07, 6.45) is 3.92. The molecule has 0 N–H and O–H groups in total. The minimum atomic E-state index is -1.10. The van der Waals surface area contributed by atoms with Crippen LogP contribution in [0.25, 0.3) is 0 Å². The minimum absolute atomic E-state index is 0.0832. The first kappa shape index (κ1) is 21.5. The van der Waals surface area contributed by atoms with Crippen LogP contribution in [0.4, 0.5) is 0 Å². The minimum Gasteiger partial charge on any atom is -0.550 e. The normalized spacial score (nSPS) is 10.0. The van der Waals surface area contributed by atoms with E-state index in [4.69, 9.17) is 18.9 Å². The molecule has 1 aromatic rings. The number of carboxylic acid groups (broad SMARTS) is 1. The van der Waals surface area contributed by atoms with Crippen molar-refractivity contribution in [1.82, 2.24) is 0 Å². The first-order chi connectivity index (χ1) is 11.2. The van der Waals surface area contributed by atoms with Crippen LogP contribution in [0.1, 0.15) is 6.42 Å². The van der Waals surface area contributed by atoms with E-state index in [0.717, 1.165) is 0 Å².